The molecular weight excluding hydrogens is 475 g/mol. The van der Waals surface area contributed by atoms with Gasteiger partial charge in [-0.2, -0.15) is 0 Å². The van der Waals surface area contributed by atoms with E-state index in [0.717, 1.165) is 22.8 Å². The van der Waals surface area contributed by atoms with Crippen molar-refractivity contribution in [2.24, 2.45) is 0 Å². The van der Waals surface area contributed by atoms with Gasteiger partial charge in [0.1, 0.15) is 11.4 Å². The minimum Gasteiger partial charge on any atom is -0.450 e. The first kappa shape index (κ1) is 17.0. The Bertz CT molecular complexity index is 677. The standard InChI is InChI=1S/C17H16BrIO4/c18-10-11-14(16(21)22-13-7-3-2-6-12(13)19)17(23-15(11)20)8-4-1-5-9-17/h2-3,6-7H,1,4-5,8-10H2. The molecule has 1 aliphatic heterocycles. The fraction of sp³-hybridized carbons (Fsp3) is 0.412. The number of rotatable bonds is 3. The predicted octanol–water partition coefficient (Wildman–Crippen LogP) is 4.15. The molecule has 6 heteroatoms. The Morgan fingerprint density at radius 2 is 1.96 bits per heavy atom. The first-order valence-corrected chi connectivity index (χ1v) is 9.77. The van der Waals surface area contributed by atoms with E-state index in [1.165, 1.54) is 0 Å². The van der Waals surface area contributed by atoms with Crippen molar-refractivity contribution < 1.29 is 19.1 Å². The van der Waals surface area contributed by atoms with Gasteiger partial charge in [-0.25, -0.2) is 9.59 Å². The van der Waals surface area contributed by atoms with E-state index in [9.17, 15) is 9.59 Å². The summed E-state index contributed by atoms with van der Waals surface area (Å²) in [7, 11) is 0. The summed E-state index contributed by atoms with van der Waals surface area (Å²) in [5.41, 5.74) is -0.00278. The van der Waals surface area contributed by atoms with Crippen molar-refractivity contribution in [2.75, 3.05) is 5.33 Å². The molecule has 1 heterocycles. The summed E-state index contributed by atoms with van der Waals surface area (Å²) in [5.74, 6) is -0.375. The van der Waals surface area contributed by atoms with Crippen LogP contribution in [0.2, 0.25) is 0 Å². The van der Waals surface area contributed by atoms with Gasteiger partial charge in [-0.15, -0.1) is 0 Å². The molecule has 0 radical (unpaired) electrons. The van der Waals surface area contributed by atoms with Gasteiger partial charge in [-0.3, -0.25) is 0 Å². The molecule has 1 fully saturated rings. The van der Waals surface area contributed by atoms with E-state index >= 15 is 0 Å². The molecule has 0 N–H and O–H groups in total. The average Bonchev–Trinajstić information content (AvgIpc) is 2.81. The monoisotopic (exact) mass is 490 g/mol. The van der Waals surface area contributed by atoms with Crippen LogP contribution in [0.25, 0.3) is 0 Å². The lowest BCUT2D eigenvalue weighted by molar-refractivity contribution is -0.150. The minimum atomic E-state index is -0.796. The molecule has 0 aromatic heterocycles. The second kappa shape index (κ2) is 6.93. The second-order valence-corrected chi connectivity index (χ2v) is 7.47. The Labute approximate surface area is 156 Å². The van der Waals surface area contributed by atoms with Crippen molar-refractivity contribution >= 4 is 50.5 Å². The Morgan fingerprint density at radius 1 is 1.26 bits per heavy atom. The summed E-state index contributed by atoms with van der Waals surface area (Å²) >= 11 is 5.43. The van der Waals surface area contributed by atoms with Gasteiger partial charge in [-0.05, 0) is 60.4 Å². The molecule has 0 amide bonds. The highest BCUT2D eigenvalue weighted by molar-refractivity contribution is 14.1. The van der Waals surface area contributed by atoms with Crippen LogP contribution in [0.5, 0.6) is 5.75 Å². The highest BCUT2D eigenvalue weighted by Gasteiger charge is 2.51. The van der Waals surface area contributed by atoms with Crippen LogP contribution in [0.3, 0.4) is 0 Å². The molecular formula is C17H16BrIO4. The van der Waals surface area contributed by atoms with Crippen LogP contribution >= 0.6 is 38.5 Å². The molecule has 1 aliphatic carbocycles. The van der Waals surface area contributed by atoms with Gasteiger partial charge in [0, 0.05) is 5.33 Å². The van der Waals surface area contributed by atoms with Crippen LogP contribution in [0.1, 0.15) is 32.1 Å². The number of hydrogen-bond acceptors (Lipinski definition) is 4. The van der Waals surface area contributed by atoms with Gasteiger partial charge in [-0.1, -0.05) is 34.5 Å². The number of benzene rings is 1. The summed E-state index contributed by atoms with van der Waals surface area (Å²) in [5, 5.41) is 0.296. The van der Waals surface area contributed by atoms with Crippen molar-refractivity contribution in [3.63, 3.8) is 0 Å². The van der Waals surface area contributed by atoms with Crippen LogP contribution in [-0.2, 0) is 14.3 Å². The maximum Gasteiger partial charge on any atom is 0.344 e. The Kier molecular flexibility index (Phi) is 5.10. The third-order valence-corrected chi connectivity index (χ3v) is 5.78. The van der Waals surface area contributed by atoms with Gasteiger partial charge in [0.2, 0.25) is 0 Å². The summed E-state index contributed by atoms with van der Waals surface area (Å²) in [6.45, 7) is 0. The Balaban J connectivity index is 1.96. The number of halogens is 2. The first-order chi connectivity index (χ1) is 11.1. The van der Waals surface area contributed by atoms with Crippen LogP contribution < -0.4 is 4.74 Å². The molecule has 0 saturated heterocycles. The lowest BCUT2D eigenvalue weighted by Crippen LogP contribution is -2.38. The number of esters is 2. The normalized spacial score (nSPS) is 19.8. The fourth-order valence-corrected chi connectivity index (χ4v) is 4.26. The van der Waals surface area contributed by atoms with Gasteiger partial charge in [0.25, 0.3) is 0 Å². The fourth-order valence-electron chi connectivity index (χ4n) is 3.25. The summed E-state index contributed by atoms with van der Waals surface area (Å²) < 4.78 is 12.1. The van der Waals surface area contributed by atoms with Crippen LogP contribution in [-0.4, -0.2) is 22.9 Å². The van der Waals surface area contributed by atoms with Crippen LogP contribution in [0, 0.1) is 3.57 Å². The molecule has 0 bridgehead atoms. The smallest absolute Gasteiger partial charge is 0.344 e. The van der Waals surface area contributed by atoms with E-state index in [2.05, 4.69) is 38.5 Å². The lowest BCUT2D eigenvalue weighted by atomic mass is 9.79. The molecule has 1 saturated carbocycles. The van der Waals surface area contributed by atoms with Gasteiger partial charge < -0.3 is 9.47 Å². The molecule has 0 atom stereocenters. The van der Waals surface area contributed by atoms with Crippen molar-refractivity contribution in [1.29, 1.82) is 0 Å². The summed E-state index contributed by atoms with van der Waals surface area (Å²) in [6.07, 6.45) is 4.37. The summed E-state index contributed by atoms with van der Waals surface area (Å²) in [6, 6.07) is 7.32. The third kappa shape index (κ3) is 3.20. The Morgan fingerprint density at radius 3 is 2.61 bits per heavy atom. The number of alkyl halides is 1. The lowest BCUT2D eigenvalue weighted by Gasteiger charge is -2.33. The topological polar surface area (TPSA) is 52.6 Å². The number of carbonyl (C=O) groups excluding carboxylic acids is 2. The maximum absolute atomic E-state index is 12.8. The zero-order valence-corrected chi connectivity index (χ0v) is 16.2. The molecule has 0 unspecified atom stereocenters. The molecule has 1 aromatic rings. The van der Waals surface area contributed by atoms with Gasteiger partial charge >= 0.3 is 11.9 Å². The SMILES string of the molecule is O=C1OC2(CCCCC2)C(C(=O)Oc2ccccc2I)=C1CBr. The zero-order valence-electron chi connectivity index (χ0n) is 12.4. The van der Waals surface area contributed by atoms with E-state index < -0.39 is 17.5 Å². The molecule has 122 valence electrons. The minimum absolute atomic E-state index is 0.296. The largest absolute Gasteiger partial charge is 0.450 e. The Hall–Kier alpha value is -0.890. The maximum atomic E-state index is 12.8. The second-order valence-electron chi connectivity index (χ2n) is 5.75. The number of carbonyl (C=O) groups is 2. The highest BCUT2D eigenvalue weighted by atomic mass is 127. The number of ether oxygens (including phenoxy) is 2. The molecule has 2 aliphatic rings. The average molecular weight is 491 g/mol. The highest BCUT2D eigenvalue weighted by Crippen LogP contribution is 2.44. The molecule has 1 aromatic carbocycles. The van der Waals surface area contributed by atoms with Crippen molar-refractivity contribution in [2.45, 2.75) is 37.7 Å². The van der Waals surface area contributed by atoms with Crippen LogP contribution in [0.4, 0.5) is 0 Å². The van der Waals surface area contributed by atoms with Gasteiger partial charge in [0.15, 0.2) is 0 Å². The molecule has 1 spiro atoms. The number of hydrogen-bond donors (Lipinski definition) is 0. The first-order valence-electron chi connectivity index (χ1n) is 7.57. The quantitative estimate of drug-likeness (QED) is 0.276. The van der Waals surface area contributed by atoms with E-state index in [-0.39, 0.29) is 0 Å². The third-order valence-electron chi connectivity index (χ3n) is 4.33. The zero-order chi connectivity index (χ0) is 16.4. The van der Waals surface area contributed by atoms with E-state index in [1.54, 1.807) is 6.07 Å². The van der Waals surface area contributed by atoms with E-state index in [4.69, 9.17) is 9.47 Å². The van der Waals surface area contributed by atoms with Crippen molar-refractivity contribution in [3.8, 4) is 5.75 Å². The van der Waals surface area contributed by atoms with E-state index in [1.807, 2.05) is 18.2 Å². The van der Waals surface area contributed by atoms with E-state index in [0.29, 0.717) is 35.1 Å². The van der Waals surface area contributed by atoms with Gasteiger partial charge in [0.05, 0.1) is 14.7 Å². The molecule has 3 rings (SSSR count). The molecule has 4 nitrogen and oxygen atoms in total. The van der Waals surface area contributed by atoms with Crippen molar-refractivity contribution in [1.82, 2.24) is 0 Å². The predicted molar refractivity (Wildman–Crippen MR) is 97.5 cm³/mol. The number of para-hydroxylation sites is 1. The molecule has 23 heavy (non-hydrogen) atoms. The summed E-state index contributed by atoms with van der Waals surface area (Å²) in [4.78, 5) is 25.0. The van der Waals surface area contributed by atoms with Crippen LogP contribution in [0.15, 0.2) is 35.4 Å². The van der Waals surface area contributed by atoms with Crippen molar-refractivity contribution in [3.05, 3.63) is 39.0 Å².